The summed E-state index contributed by atoms with van der Waals surface area (Å²) in [4.78, 5) is 26.3. The molecule has 1 atom stereocenters. The smallest absolute Gasteiger partial charge is 0.249 e. The highest BCUT2D eigenvalue weighted by Crippen LogP contribution is 2.41. The van der Waals surface area contributed by atoms with Gasteiger partial charge in [-0.25, -0.2) is 4.68 Å². The van der Waals surface area contributed by atoms with E-state index >= 15 is 0 Å². The predicted molar refractivity (Wildman–Crippen MR) is 125 cm³/mol. The average molecular weight is 432 g/mol. The molecule has 0 saturated carbocycles. The summed E-state index contributed by atoms with van der Waals surface area (Å²) in [7, 11) is 0. The van der Waals surface area contributed by atoms with Crippen molar-refractivity contribution in [3.63, 3.8) is 0 Å². The number of para-hydroxylation sites is 2. The molecular formula is C27H20N4O2. The first-order chi connectivity index (χ1) is 16.1. The summed E-state index contributed by atoms with van der Waals surface area (Å²) in [5, 5.41) is 17.0. The largest absolute Gasteiger partial charge is 0.325 e. The molecule has 6 heteroatoms. The van der Waals surface area contributed by atoms with E-state index in [1.165, 1.54) is 0 Å². The molecule has 4 aromatic rings. The average Bonchev–Trinajstić information content (AvgIpc) is 3.39. The second-order valence-electron chi connectivity index (χ2n) is 7.98. The molecule has 1 aliphatic carbocycles. The zero-order valence-electron chi connectivity index (χ0n) is 17.9. The van der Waals surface area contributed by atoms with E-state index in [4.69, 9.17) is 0 Å². The zero-order valence-corrected chi connectivity index (χ0v) is 17.9. The molecule has 1 N–H and O–H groups in total. The van der Waals surface area contributed by atoms with Crippen LogP contribution in [-0.4, -0.2) is 21.5 Å². The lowest BCUT2D eigenvalue weighted by molar-refractivity contribution is -0.117. The summed E-state index contributed by atoms with van der Waals surface area (Å²) in [5.74, 6) is -2.76. The molecule has 33 heavy (non-hydrogen) atoms. The zero-order chi connectivity index (χ0) is 22.9. The quantitative estimate of drug-likeness (QED) is 0.322. The fourth-order valence-corrected chi connectivity index (χ4v) is 4.29. The van der Waals surface area contributed by atoms with Crippen LogP contribution in [0.2, 0.25) is 0 Å². The lowest BCUT2D eigenvalue weighted by atomic mass is 9.98. The van der Waals surface area contributed by atoms with Crippen LogP contribution in [0.4, 0.5) is 5.69 Å². The maximum atomic E-state index is 13.5. The van der Waals surface area contributed by atoms with Gasteiger partial charge >= 0.3 is 0 Å². The van der Waals surface area contributed by atoms with Crippen LogP contribution in [-0.2, 0) is 11.2 Å². The summed E-state index contributed by atoms with van der Waals surface area (Å²) in [6.07, 6.45) is 0.531. The van der Waals surface area contributed by atoms with Gasteiger partial charge in [0.25, 0.3) is 0 Å². The lowest BCUT2D eigenvalue weighted by Gasteiger charge is -2.10. The van der Waals surface area contributed by atoms with Gasteiger partial charge in [-0.3, -0.25) is 9.59 Å². The van der Waals surface area contributed by atoms with Gasteiger partial charge in [0.2, 0.25) is 11.7 Å². The molecule has 0 bridgehead atoms. The van der Waals surface area contributed by atoms with Crippen molar-refractivity contribution in [2.75, 3.05) is 5.32 Å². The maximum Gasteiger partial charge on any atom is 0.249 e. The first-order valence-electron chi connectivity index (χ1n) is 10.6. The van der Waals surface area contributed by atoms with Gasteiger partial charge in [0.05, 0.1) is 17.5 Å². The molecule has 0 aliphatic heterocycles. The van der Waals surface area contributed by atoms with Crippen LogP contribution in [0.15, 0.2) is 78.9 Å². The van der Waals surface area contributed by atoms with Crippen LogP contribution in [0.1, 0.15) is 27.2 Å². The van der Waals surface area contributed by atoms with Gasteiger partial charge in [-0.15, -0.1) is 0 Å². The molecule has 1 aromatic heterocycles. The van der Waals surface area contributed by atoms with Crippen molar-refractivity contribution in [3.8, 4) is 23.0 Å². The Hall–Kier alpha value is -4.50. The first-order valence-corrected chi connectivity index (χ1v) is 10.6. The van der Waals surface area contributed by atoms with E-state index in [-0.39, 0.29) is 5.69 Å². The number of nitrogens with one attached hydrogen (secondary N) is 1. The topological polar surface area (TPSA) is 87.8 Å². The number of aryl methyl sites for hydroxylation is 1. The van der Waals surface area contributed by atoms with Gasteiger partial charge < -0.3 is 5.32 Å². The maximum absolute atomic E-state index is 13.5. The first kappa shape index (κ1) is 20.4. The fourth-order valence-electron chi connectivity index (χ4n) is 4.29. The highest BCUT2D eigenvalue weighted by molar-refractivity contribution is 6.16. The molecule has 5 rings (SSSR count). The number of fused-ring (bicyclic) bond motifs is 3. The third kappa shape index (κ3) is 3.50. The summed E-state index contributed by atoms with van der Waals surface area (Å²) in [5.41, 5.74) is 6.36. The van der Waals surface area contributed by atoms with Crippen LogP contribution in [0.5, 0.6) is 0 Å². The molecule has 1 unspecified atom stereocenters. The van der Waals surface area contributed by atoms with Crippen molar-refractivity contribution in [1.29, 1.82) is 5.26 Å². The number of nitriles is 1. The second kappa shape index (κ2) is 8.21. The van der Waals surface area contributed by atoms with E-state index in [0.29, 0.717) is 12.1 Å². The van der Waals surface area contributed by atoms with E-state index in [2.05, 4.69) is 10.4 Å². The third-order valence-corrected chi connectivity index (χ3v) is 5.93. The number of rotatable bonds is 5. The van der Waals surface area contributed by atoms with Crippen molar-refractivity contribution in [2.24, 2.45) is 5.92 Å². The summed E-state index contributed by atoms with van der Waals surface area (Å²) in [6, 6.07) is 26.3. The minimum absolute atomic E-state index is 0.166. The molecule has 6 nitrogen and oxygen atoms in total. The molecule has 1 heterocycles. The number of nitrogens with zero attached hydrogens (tertiary/aromatic N) is 3. The molecule has 0 fully saturated rings. The standard InChI is InChI=1S/C27H20N4O2/c1-17-9-8-14-20-21(17)15-22-24(30-31(25(20)22)19-12-6-3-7-13-19)26(32)23(16-28)27(33)29-18-10-4-2-5-11-18/h2-14,23H,15H2,1H3,(H,29,33). The SMILES string of the molecule is Cc1cccc2c1Cc1c(C(=O)C(C#N)C(=O)Nc3ccccc3)nn(-c3ccccc3)c1-2. The van der Waals surface area contributed by atoms with Gasteiger partial charge in [0.1, 0.15) is 5.69 Å². The molecule has 0 spiro atoms. The monoisotopic (exact) mass is 432 g/mol. The number of Topliss-reactive ketones (excluding diaryl/α,β-unsaturated/α-hetero) is 1. The summed E-state index contributed by atoms with van der Waals surface area (Å²) < 4.78 is 1.75. The predicted octanol–water partition coefficient (Wildman–Crippen LogP) is 4.71. The van der Waals surface area contributed by atoms with Crippen molar-refractivity contribution in [3.05, 3.63) is 101 Å². The number of carbonyl (C=O) groups excluding carboxylic acids is 2. The van der Waals surface area contributed by atoms with Gasteiger partial charge in [-0.1, -0.05) is 54.6 Å². The van der Waals surface area contributed by atoms with Gasteiger partial charge in [0, 0.05) is 23.2 Å². The Balaban J connectivity index is 1.59. The van der Waals surface area contributed by atoms with E-state index in [1.54, 1.807) is 28.9 Å². The number of hydrogen-bond acceptors (Lipinski definition) is 4. The second-order valence-corrected chi connectivity index (χ2v) is 7.98. The van der Waals surface area contributed by atoms with Gasteiger partial charge in [-0.05, 0) is 42.3 Å². The minimum atomic E-state index is -1.50. The van der Waals surface area contributed by atoms with Crippen LogP contribution < -0.4 is 5.32 Å². The molecule has 1 amide bonds. The van der Waals surface area contributed by atoms with Gasteiger partial charge in [-0.2, -0.15) is 10.4 Å². The van der Waals surface area contributed by atoms with Crippen molar-refractivity contribution in [1.82, 2.24) is 9.78 Å². The fraction of sp³-hybridized carbons (Fsp3) is 0.111. The number of amides is 1. The normalized spacial score (nSPS) is 12.4. The van der Waals surface area contributed by atoms with Crippen molar-refractivity contribution >= 4 is 17.4 Å². The Kier molecular flexibility index (Phi) is 5.08. The van der Waals surface area contributed by atoms with E-state index in [1.807, 2.05) is 67.6 Å². The number of anilines is 1. The molecule has 3 aromatic carbocycles. The van der Waals surface area contributed by atoms with E-state index < -0.39 is 17.6 Å². The van der Waals surface area contributed by atoms with Crippen LogP contribution in [0.3, 0.4) is 0 Å². The number of aromatic nitrogens is 2. The molecule has 0 saturated heterocycles. The third-order valence-electron chi connectivity index (χ3n) is 5.93. The summed E-state index contributed by atoms with van der Waals surface area (Å²) >= 11 is 0. The number of carbonyl (C=O) groups is 2. The Labute approximate surface area is 191 Å². The number of ketones is 1. The molecule has 1 aliphatic rings. The molecular weight excluding hydrogens is 412 g/mol. The Morgan fingerprint density at radius 2 is 1.67 bits per heavy atom. The van der Waals surface area contributed by atoms with Crippen molar-refractivity contribution in [2.45, 2.75) is 13.3 Å². The number of benzene rings is 3. The van der Waals surface area contributed by atoms with Crippen LogP contribution in [0, 0.1) is 24.2 Å². The van der Waals surface area contributed by atoms with Crippen LogP contribution in [0.25, 0.3) is 16.9 Å². The van der Waals surface area contributed by atoms with E-state index in [9.17, 15) is 14.9 Å². The Morgan fingerprint density at radius 1 is 0.970 bits per heavy atom. The highest BCUT2D eigenvalue weighted by Gasteiger charge is 2.36. The van der Waals surface area contributed by atoms with Gasteiger partial charge in [0.15, 0.2) is 5.92 Å². The Bertz CT molecular complexity index is 1420. The van der Waals surface area contributed by atoms with Crippen molar-refractivity contribution < 1.29 is 9.59 Å². The minimum Gasteiger partial charge on any atom is -0.325 e. The highest BCUT2D eigenvalue weighted by atomic mass is 16.2. The Morgan fingerprint density at radius 3 is 2.36 bits per heavy atom. The van der Waals surface area contributed by atoms with E-state index in [0.717, 1.165) is 33.6 Å². The summed E-state index contributed by atoms with van der Waals surface area (Å²) in [6.45, 7) is 2.04. The van der Waals surface area contributed by atoms with Crippen LogP contribution >= 0.6 is 0 Å². The lowest BCUT2D eigenvalue weighted by Crippen LogP contribution is -2.29. The molecule has 160 valence electrons. The number of hydrogen-bond donors (Lipinski definition) is 1. The molecule has 0 radical (unpaired) electrons.